The molecule has 7 heteroatoms. The molecule has 68 valence electrons. The Morgan fingerprint density at radius 1 is 1.54 bits per heavy atom. The molecule has 2 heterocycles. The molecule has 0 aromatic carbocycles. The van der Waals surface area contributed by atoms with Crippen LogP contribution in [0.25, 0.3) is 11.6 Å². The number of hydrogen-bond acceptors (Lipinski definition) is 6. The lowest BCUT2D eigenvalue weighted by Gasteiger charge is -1.91. The van der Waals surface area contributed by atoms with Crippen molar-refractivity contribution in [2.45, 2.75) is 6.54 Å². The number of aromatic nitrogens is 5. The quantitative estimate of drug-likeness (QED) is 0.670. The van der Waals surface area contributed by atoms with Gasteiger partial charge in [-0.15, -0.1) is 5.10 Å². The van der Waals surface area contributed by atoms with E-state index >= 15 is 0 Å². The van der Waals surface area contributed by atoms with Crippen LogP contribution in [0.1, 0.15) is 0 Å². The Kier molecular flexibility index (Phi) is 2.01. The van der Waals surface area contributed by atoms with Gasteiger partial charge in [-0.25, -0.2) is 0 Å². The first-order valence-corrected chi connectivity index (χ1v) is 3.77. The molecule has 2 rings (SSSR count). The van der Waals surface area contributed by atoms with Crippen molar-refractivity contribution in [3.63, 3.8) is 0 Å². The summed E-state index contributed by atoms with van der Waals surface area (Å²) in [5, 5.41) is 11.1. The summed E-state index contributed by atoms with van der Waals surface area (Å²) in [5.74, 6) is 0.364. The van der Waals surface area contributed by atoms with E-state index < -0.39 is 0 Å². The Labute approximate surface area is 73.5 Å². The summed E-state index contributed by atoms with van der Waals surface area (Å²) >= 11 is 0. The van der Waals surface area contributed by atoms with Crippen LogP contribution in [0.5, 0.6) is 0 Å². The van der Waals surface area contributed by atoms with E-state index in [9.17, 15) is 0 Å². The van der Waals surface area contributed by atoms with Crippen molar-refractivity contribution in [3.8, 4) is 11.6 Å². The van der Waals surface area contributed by atoms with Gasteiger partial charge in [0.05, 0.1) is 12.7 Å². The Morgan fingerprint density at radius 3 is 3.15 bits per heavy atom. The molecule has 0 saturated carbocycles. The molecule has 0 atom stereocenters. The highest BCUT2D eigenvalue weighted by Crippen LogP contribution is 2.10. The van der Waals surface area contributed by atoms with Gasteiger partial charge in [0, 0.05) is 6.54 Å². The highest BCUT2D eigenvalue weighted by Gasteiger charge is 2.07. The second-order valence-electron chi connectivity index (χ2n) is 2.40. The molecule has 0 aliphatic carbocycles. The summed E-state index contributed by atoms with van der Waals surface area (Å²) < 4.78 is 6.43. The molecule has 2 aromatic rings. The maximum Gasteiger partial charge on any atom is 0.279 e. The smallest absolute Gasteiger partial charge is 0.279 e. The van der Waals surface area contributed by atoms with Gasteiger partial charge in [-0.1, -0.05) is 10.4 Å². The van der Waals surface area contributed by atoms with Gasteiger partial charge in [-0.05, 0) is 0 Å². The van der Waals surface area contributed by atoms with Crippen molar-refractivity contribution in [1.82, 2.24) is 25.1 Å². The monoisotopic (exact) mass is 180 g/mol. The zero-order valence-corrected chi connectivity index (χ0v) is 6.79. The molecular weight excluding hydrogens is 172 g/mol. The third kappa shape index (κ3) is 1.54. The van der Waals surface area contributed by atoms with Crippen LogP contribution in [0.15, 0.2) is 17.0 Å². The Hall–Kier alpha value is -1.76. The summed E-state index contributed by atoms with van der Waals surface area (Å²) in [4.78, 5) is 3.84. The van der Waals surface area contributed by atoms with Crippen LogP contribution in [-0.4, -0.2) is 31.7 Å². The van der Waals surface area contributed by atoms with E-state index in [0.717, 1.165) is 0 Å². The third-order valence-corrected chi connectivity index (χ3v) is 1.48. The van der Waals surface area contributed by atoms with Gasteiger partial charge in [0.1, 0.15) is 0 Å². The summed E-state index contributed by atoms with van der Waals surface area (Å²) in [5.41, 5.74) is 5.91. The predicted octanol–water partition coefficient (Wildman–Crippen LogP) is -0.713. The molecule has 0 unspecified atom stereocenters. The van der Waals surface area contributed by atoms with Crippen molar-refractivity contribution in [1.29, 1.82) is 0 Å². The maximum atomic E-state index is 5.35. The molecule has 0 saturated heterocycles. The number of nitrogens with zero attached hydrogens (tertiary/aromatic N) is 5. The largest absolute Gasteiger partial charge is 0.332 e. The molecule has 0 amide bonds. The van der Waals surface area contributed by atoms with Gasteiger partial charge in [-0.2, -0.15) is 4.98 Å². The van der Waals surface area contributed by atoms with Crippen LogP contribution in [-0.2, 0) is 6.54 Å². The van der Waals surface area contributed by atoms with E-state index in [1.54, 1.807) is 10.9 Å². The summed E-state index contributed by atoms with van der Waals surface area (Å²) in [7, 11) is 0. The molecular formula is C6H8N6O. The summed E-state index contributed by atoms with van der Waals surface area (Å²) in [6.45, 7) is 1.15. The van der Waals surface area contributed by atoms with Crippen LogP contribution >= 0.6 is 0 Å². The zero-order chi connectivity index (χ0) is 9.10. The lowest BCUT2D eigenvalue weighted by Crippen LogP contribution is -2.10. The first-order chi connectivity index (χ1) is 6.40. The second-order valence-corrected chi connectivity index (χ2v) is 2.40. The molecule has 0 spiro atoms. The zero-order valence-electron chi connectivity index (χ0n) is 6.79. The molecule has 0 bridgehead atoms. The van der Waals surface area contributed by atoms with Crippen LogP contribution in [0, 0.1) is 0 Å². The summed E-state index contributed by atoms with van der Waals surface area (Å²) in [6, 6.07) is 0. The maximum absolute atomic E-state index is 5.35. The standard InChI is InChI=1S/C6H8N6O/c7-1-2-12-3-5(10-11-12)6-8-4-9-13-6/h3-4H,1-2,7H2. The van der Waals surface area contributed by atoms with Gasteiger partial charge < -0.3 is 10.3 Å². The summed E-state index contributed by atoms with van der Waals surface area (Å²) in [6.07, 6.45) is 3.03. The Balaban J connectivity index is 2.23. The minimum Gasteiger partial charge on any atom is -0.332 e. The minimum absolute atomic E-state index is 0.364. The van der Waals surface area contributed by atoms with E-state index in [4.69, 9.17) is 10.3 Å². The van der Waals surface area contributed by atoms with E-state index in [0.29, 0.717) is 24.7 Å². The molecule has 2 N–H and O–H groups in total. The number of nitrogens with two attached hydrogens (primary N) is 1. The van der Waals surface area contributed by atoms with Gasteiger partial charge in [0.15, 0.2) is 12.0 Å². The molecule has 0 aliphatic heterocycles. The predicted molar refractivity (Wildman–Crippen MR) is 42.4 cm³/mol. The van der Waals surface area contributed by atoms with Crippen molar-refractivity contribution in [2.75, 3.05) is 6.54 Å². The molecule has 0 radical (unpaired) electrons. The van der Waals surface area contributed by atoms with E-state index in [-0.39, 0.29) is 0 Å². The first-order valence-electron chi connectivity index (χ1n) is 3.77. The third-order valence-electron chi connectivity index (χ3n) is 1.48. The highest BCUT2D eigenvalue weighted by molar-refractivity contribution is 5.42. The average molecular weight is 180 g/mol. The number of hydrogen-bond donors (Lipinski definition) is 1. The van der Waals surface area contributed by atoms with Crippen molar-refractivity contribution >= 4 is 0 Å². The van der Waals surface area contributed by atoms with Crippen LogP contribution in [0.2, 0.25) is 0 Å². The van der Waals surface area contributed by atoms with Gasteiger partial charge in [0.25, 0.3) is 5.89 Å². The van der Waals surface area contributed by atoms with E-state index in [1.165, 1.54) is 6.33 Å². The molecule has 0 aliphatic rings. The molecule has 13 heavy (non-hydrogen) atoms. The lowest BCUT2D eigenvalue weighted by molar-refractivity contribution is 0.428. The average Bonchev–Trinajstić information content (AvgIpc) is 2.70. The van der Waals surface area contributed by atoms with Gasteiger partial charge in [-0.3, -0.25) is 4.68 Å². The Bertz CT molecular complexity index is 366. The fraction of sp³-hybridized carbons (Fsp3) is 0.333. The fourth-order valence-corrected chi connectivity index (χ4v) is 0.924. The SMILES string of the molecule is NCCn1cc(-c2ncno2)nn1. The first kappa shape index (κ1) is 7.87. The molecule has 0 fully saturated rings. The van der Waals surface area contributed by atoms with Gasteiger partial charge in [0.2, 0.25) is 0 Å². The van der Waals surface area contributed by atoms with E-state index in [2.05, 4.69) is 20.5 Å². The van der Waals surface area contributed by atoms with Crippen molar-refractivity contribution in [3.05, 3.63) is 12.5 Å². The normalized spacial score (nSPS) is 10.5. The van der Waals surface area contributed by atoms with Crippen LogP contribution in [0.4, 0.5) is 0 Å². The van der Waals surface area contributed by atoms with Gasteiger partial charge >= 0.3 is 0 Å². The topological polar surface area (TPSA) is 95.7 Å². The van der Waals surface area contributed by atoms with Crippen molar-refractivity contribution in [2.24, 2.45) is 5.73 Å². The lowest BCUT2D eigenvalue weighted by atomic mass is 10.5. The van der Waals surface area contributed by atoms with Crippen LogP contribution < -0.4 is 5.73 Å². The fourth-order valence-electron chi connectivity index (χ4n) is 0.924. The van der Waals surface area contributed by atoms with Crippen LogP contribution in [0.3, 0.4) is 0 Å². The second kappa shape index (κ2) is 3.31. The molecule has 2 aromatic heterocycles. The number of rotatable bonds is 3. The minimum atomic E-state index is 0.364. The Morgan fingerprint density at radius 2 is 2.46 bits per heavy atom. The van der Waals surface area contributed by atoms with E-state index in [1.807, 2.05) is 0 Å². The highest BCUT2D eigenvalue weighted by atomic mass is 16.5. The molecule has 7 nitrogen and oxygen atoms in total. The van der Waals surface area contributed by atoms with Crippen molar-refractivity contribution < 1.29 is 4.52 Å².